The molecule has 0 aliphatic carbocycles. The van der Waals surface area contributed by atoms with Crippen LogP contribution in [0.25, 0.3) is 0 Å². The SMILES string of the molecule is COc1ccc(C[C@H]2NC(=O)/C=C\C[C@@H]([C@H](C)C3OC3c3ccc(CO)cc3)OC(=O)[C@H](C(C)C)NC(=O)C(C)(C)CNC2=O)cc1Cl. The Labute approximate surface area is 286 Å². The number of carbonyl (C=O) groups is 4. The number of carbonyl (C=O) groups excluding carboxylic acids is 4. The molecule has 0 spiro atoms. The van der Waals surface area contributed by atoms with Crippen LogP contribution in [-0.2, 0) is 41.7 Å². The van der Waals surface area contributed by atoms with E-state index in [1.54, 1.807) is 38.1 Å². The molecule has 2 unspecified atom stereocenters. The van der Waals surface area contributed by atoms with Crippen molar-refractivity contribution in [3.63, 3.8) is 0 Å². The summed E-state index contributed by atoms with van der Waals surface area (Å²) in [6, 6.07) is 10.7. The fourth-order valence-electron chi connectivity index (χ4n) is 5.57. The van der Waals surface area contributed by atoms with E-state index in [1.807, 2.05) is 45.0 Å². The van der Waals surface area contributed by atoms with E-state index in [4.69, 9.17) is 25.8 Å². The number of hydrogen-bond acceptors (Lipinski definition) is 8. The van der Waals surface area contributed by atoms with Gasteiger partial charge in [0, 0.05) is 25.3 Å². The van der Waals surface area contributed by atoms with Crippen LogP contribution >= 0.6 is 11.6 Å². The highest BCUT2D eigenvalue weighted by atomic mass is 35.5. The zero-order valence-electron chi connectivity index (χ0n) is 28.2. The summed E-state index contributed by atoms with van der Waals surface area (Å²) in [4.78, 5) is 53.7. The third-order valence-corrected chi connectivity index (χ3v) is 9.14. The monoisotopic (exact) mass is 683 g/mol. The lowest BCUT2D eigenvalue weighted by Gasteiger charge is -2.31. The molecule has 2 aliphatic rings. The van der Waals surface area contributed by atoms with E-state index in [2.05, 4.69) is 16.0 Å². The zero-order valence-corrected chi connectivity index (χ0v) is 29.0. The van der Waals surface area contributed by atoms with Crippen LogP contribution in [0.15, 0.2) is 54.6 Å². The molecule has 3 amide bonds. The first kappa shape index (κ1) is 36.9. The van der Waals surface area contributed by atoms with Crippen LogP contribution in [0.1, 0.15) is 63.8 Å². The maximum atomic E-state index is 13.6. The van der Waals surface area contributed by atoms with Crippen molar-refractivity contribution >= 4 is 35.3 Å². The summed E-state index contributed by atoms with van der Waals surface area (Å²) in [5.41, 5.74) is 1.32. The third kappa shape index (κ3) is 9.36. The van der Waals surface area contributed by atoms with Crippen molar-refractivity contribution in [3.05, 3.63) is 76.3 Å². The summed E-state index contributed by atoms with van der Waals surface area (Å²) in [5, 5.41) is 18.2. The number of hydrogen-bond donors (Lipinski definition) is 4. The average Bonchev–Trinajstić information content (AvgIpc) is 3.85. The van der Waals surface area contributed by atoms with Gasteiger partial charge in [-0.25, -0.2) is 4.79 Å². The predicted octanol–water partition coefficient (Wildman–Crippen LogP) is 3.80. The Hall–Kier alpha value is -3.93. The smallest absolute Gasteiger partial charge is 0.329 e. The molecule has 4 rings (SSSR count). The number of ether oxygens (including phenoxy) is 3. The number of aliphatic hydroxyl groups excluding tert-OH is 1. The van der Waals surface area contributed by atoms with Gasteiger partial charge in [-0.1, -0.05) is 68.8 Å². The van der Waals surface area contributed by atoms with E-state index in [0.717, 1.165) is 11.1 Å². The van der Waals surface area contributed by atoms with Crippen molar-refractivity contribution in [2.24, 2.45) is 17.3 Å². The molecule has 2 heterocycles. The van der Waals surface area contributed by atoms with Gasteiger partial charge in [-0.05, 0) is 54.7 Å². The number of esters is 1. The summed E-state index contributed by atoms with van der Waals surface area (Å²) in [5.74, 6) is -2.11. The molecule has 6 atom stereocenters. The van der Waals surface area contributed by atoms with Crippen LogP contribution in [-0.4, -0.2) is 66.7 Å². The third-order valence-electron chi connectivity index (χ3n) is 8.84. The van der Waals surface area contributed by atoms with Crippen molar-refractivity contribution in [1.29, 1.82) is 0 Å². The van der Waals surface area contributed by atoms with Crippen molar-refractivity contribution in [2.75, 3.05) is 13.7 Å². The fourth-order valence-corrected chi connectivity index (χ4v) is 5.85. The van der Waals surface area contributed by atoms with Crippen LogP contribution in [0.2, 0.25) is 5.02 Å². The predicted molar refractivity (Wildman–Crippen MR) is 180 cm³/mol. The standard InChI is InChI=1S/C36H46ClN3O8/c1-20(2)30-34(44)47-27(21(3)31-32(48-31)24-13-10-22(18-41)11-14-24)8-7-9-29(42)39-26(17-23-12-15-28(46-6)25(37)16-23)33(43)38-19-36(4,5)35(45)40-30/h7,9-16,20-21,26-27,30-32,41H,8,17-19H2,1-6H3,(H,38,43)(H,39,42)(H,40,45)/b9-7-/t21-,26+,27-,30-,31?,32?/m0/s1. The highest BCUT2D eigenvalue weighted by molar-refractivity contribution is 6.32. The number of benzene rings is 2. The van der Waals surface area contributed by atoms with E-state index < -0.39 is 47.3 Å². The van der Waals surface area contributed by atoms with Gasteiger partial charge in [0.2, 0.25) is 17.7 Å². The molecule has 0 saturated carbocycles. The Balaban J connectivity index is 1.60. The topological polar surface area (TPSA) is 156 Å². The Morgan fingerprint density at radius 2 is 1.71 bits per heavy atom. The minimum Gasteiger partial charge on any atom is -0.495 e. The molecule has 2 aromatic rings. The van der Waals surface area contributed by atoms with Crippen molar-refractivity contribution in [1.82, 2.24) is 16.0 Å². The summed E-state index contributed by atoms with van der Waals surface area (Å²) < 4.78 is 17.3. The largest absolute Gasteiger partial charge is 0.495 e. The second-order valence-corrected chi connectivity index (χ2v) is 13.8. The molecule has 260 valence electrons. The van der Waals surface area contributed by atoms with E-state index in [9.17, 15) is 24.3 Å². The number of halogens is 1. The van der Waals surface area contributed by atoms with Crippen LogP contribution in [0, 0.1) is 17.3 Å². The van der Waals surface area contributed by atoms with Crippen molar-refractivity contribution < 1.29 is 38.5 Å². The lowest BCUT2D eigenvalue weighted by atomic mass is 9.90. The summed E-state index contributed by atoms with van der Waals surface area (Å²) in [6.07, 6.45) is 2.09. The molecule has 11 nitrogen and oxygen atoms in total. The average molecular weight is 684 g/mol. The van der Waals surface area contributed by atoms with Gasteiger partial charge in [0.05, 0.1) is 30.3 Å². The summed E-state index contributed by atoms with van der Waals surface area (Å²) >= 11 is 6.32. The molecule has 4 N–H and O–H groups in total. The number of methoxy groups -OCH3 is 1. The first-order valence-corrected chi connectivity index (χ1v) is 16.6. The Bertz CT molecular complexity index is 1510. The van der Waals surface area contributed by atoms with Crippen molar-refractivity contribution in [2.45, 2.75) is 84.5 Å². The van der Waals surface area contributed by atoms with Gasteiger partial charge in [0.25, 0.3) is 0 Å². The summed E-state index contributed by atoms with van der Waals surface area (Å²) in [6.45, 7) is 8.76. The molecule has 1 saturated heterocycles. The van der Waals surface area contributed by atoms with E-state index in [0.29, 0.717) is 16.3 Å². The number of aliphatic hydroxyl groups is 1. The van der Waals surface area contributed by atoms with E-state index in [1.165, 1.54) is 13.2 Å². The molecule has 48 heavy (non-hydrogen) atoms. The van der Waals surface area contributed by atoms with Crippen LogP contribution in [0.5, 0.6) is 5.75 Å². The zero-order chi connectivity index (χ0) is 35.2. The quantitative estimate of drug-likeness (QED) is 0.242. The minimum absolute atomic E-state index is 0.0531. The van der Waals surface area contributed by atoms with Gasteiger partial charge in [0.15, 0.2) is 0 Å². The fraction of sp³-hybridized carbons (Fsp3) is 0.500. The van der Waals surface area contributed by atoms with Gasteiger partial charge in [0.1, 0.15) is 30.0 Å². The van der Waals surface area contributed by atoms with Crippen LogP contribution < -0.4 is 20.7 Å². The highest BCUT2D eigenvalue weighted by Crippen LogP contribution is 2.45. The normalized spacial score (nSPS) is 26.5. The molecule has 0 radical (unpaired) electrons. The molecule has 1 fully saturated rings. The Morgan fingerprint density at radius 3 is 2.33 bits per heavy atom. The van der Waals surface area contributed by atoms with Gasteiger partial charge in [-0.2, -0.15) is 0 Å². The summed E-state index contributed by atoms with van der Waals surface area (Å²) in [7, 11) is 1.50. The van der Waals surface area contributed by atoms with Crippen LogP contribution in [0.3, 0.4) is 0 Å². The first-order chi connectivity index (χ1) is 22.7. The molecule has 2 aliphatic heterocycles. The second kappa shape index (κ2) is 16.0. The Morgan fingerprint density at radius 1 is 1.02 bits per heavy atom. The lowest BCUT2D eigenvalue weighted by molar-refractivity contribution is -0.157. The first-order valence-electron chi connectivity index (χ1n) is 16.2. The van der Waals surface area contributed by atoms with E-state index in [-0.39, 0.29) is 50.0 Å². The van der Waals surface area contributed by atoms with E-state index >= 15 is 0 Å². The minimum atomic E-state index is -1.11. The van der Waals surface area contributed by atoms with Crippen molar-refractivity contribution in [3.8, 4) is 5.75 Å². The number of nitrogens with one attached hydrogen (secondary N) is 3. The number of epoxide rings is 1. The number of rotatable bonds is 8. The molecule has 12 heteroatoms. The highest BCUT2D eigenvalue weighted by Gasteiger charge is 2.48. The maximum Gasteiger partial charge on any atom is 0.329 e. The maximum absolute atomic E-state index is 13.6. The molecule has 0 bridgehead atoms. The molecular weight excluding hydrogens is 638 g/mol. The molecule has 2 aromatic carbocycles. The van der Waals surface area contributed by atoms with Gasteiger partial charge < -0.3 is 35.3 Å². The molecular formula is C36H46ClN3O8. The lowest BCUT2D eigenvalue weighted by Crippen LogP contribution is -2.55. The van der Waals surface area contributed by atoms with Crippen LogP contribution in [0.4, 0.5) is 0 Å². The van der Waals surface area contributed by atoms with Gasteiger partial charge in [-0.3, -0.25) is 14.4 Å². The number of cyclic esters (lactones) is 1. The Kier molecular flexibility index (Phi) is 12.3. The van der Waals surface area contributed by atoms with Gasteiger partial charge >= 0.3 is 5.97 Å². The molecule has 0 aromatic heterocycles. The van der Waals surface area contributed by atoms with Gasteiger partial charge in [-0.15, -0.1) is 0 Å². The number of amides is 3. The second-order valence-electron chi connectivity index (χ2n) is 13.4.